The molecule has 1 aromatic carbocycles. The second-order valence-corrected chi connectivity index (χ2v) is 6.87. The Labute approximate surface area is 166 Å². The zero-order chi connectivity index (χ0) is 19.6. The lowest BCUT2D eigenvalue weighted by Crippen LogP contribution is -2.38. The first-order valence-electron chi connectivity index (χ1n) is 8.37. The Bertz CT molecular complexity index is 996. The number of halogens is 2. The minimum Gasteiger partial charge on any atom is -0.328 e. The normalized spacial score (nSPS) is 10.8. The number of anilines is 1. The number of nitrogens with one attached hydrogen (secondary N) is 1. The number of aryl methyl sites for hydroxylation is 1. The van der Waals surface area contributed by atoms with Crippen molar-refractivity contribution in [3.63, 3.8) is 0 Å². The Kier molecular flexibility index (Phi) is 5.68. The van der Waals surface area contributed by atoms with Crippen molar-refractivity contribution in [2.24, 2.45) is 0 Å². The van der Waals surface area contributed by atoms with Gasteiger partial charge < -0.3 is 14.6 Å². The number of carbonyl (C=O) groups excluding carboxylic acids is 2. The van der Waals surface area contributed by atoms with E-state index in [2.05, 4.69) is 10.3 Å². The summed E-state index contributed by atoms with van der Waals surface area (Å²) >= 11 is 12.1. The smallest absolute Gasteiger partial charge is 0.274 e. The van der Waals surface area contributed by atoms with Crippen LogP contribution in [0.2, 0.25) is 10.0 Å². The van der Waals surface area contributed by atoms with E-state index in [0.29, 0.717) is 27.9 Å². The summed E-state index contributed by atoms with van der Waals surface area (Å²) < 4.78 is 1.78. The van der Waals surface area contributed by atoms with Crippen LogP contribution in [0.3, 0.4) is 0 Å². The Morgan fingerprint density at radius 3 is 2.59 bits per heavy atom. The van der Waals surface area contributed by atoms with Crippen LogP contribution in [0.15, 0.2) is 42.7 Å². The van der Waals surface area contributed by atoms with E-state index in [9.17, 15) is 9.59 Å². The number of amides is 2. The molecule has 0 spiro atoms. The number of imidazole rings is 1. The molecule has 2 amide bonds. The number of aromatic nitrogens is 2. The van der Waals surface area contributed by atoms with Crippen molar-refractivity contribution in [3.8, 4) is 0 Å². The second-order valence-electron chi connectivity index (χ2n) is 6.06. The molecule has 0 radical (unpaired) electrons. The third-order valence-electron chi connectivity index (χ3n) is 4.07. The fourth-order valence-electron chi connectivity index (χ4n) is 2.65. The fraction of sp³-hybridized carbons (Fsp3) is 0.211. The summed E-state index contributed by atoms with van der Waals surface area (Å²) in [6.07, 6.45) is 3.50. The summed E-state index contributed by atoms with van der Waals surface area (Å²) in [5, 5.41) is 3.33. The summed E-state index contributed by atoms with van der Waals surface area (Å²) in [6, 6.07) is 8.77. The van der Waals surface area contributed by atoms with Crippen molar-refractivity contribution in [2.75, 3.05) is 18.4 Å². The van der Waals surface area contributed by atoms with Gasteiger partial charge in [0.15, 0.2) is 0 Å². The molecule has 8 heteroatoms. The minimum atomic E-state index is -0.389. The Hall–Kier alpha value is -2.57. The summed E-state index contributed by atoms with van der Waals surface area (Å²) in [5.74, 6) is -0.709. The first kappa shape index (κ1) is 19.2. The first-order valence-corrected chi connectivity index (χ1v) is 9.13. The molecule has 0 fully saturated rings. The van der Waals surface area contributed by atoms with Crippen LogP contribution in [0.4, 0.5) is 5.69 Å². The van der Waals surface area contributed by atoms with Crippen molar-refractivity contribution in [3.05, 3.63) is 64.0 Å². The summed E-state index contributed by atoms with van der Waals surface area (Å²) in [6.45, 7) is 3.98. The molecular formula is C19H18Cl2N4O2. The highest BCUT2D eigenvalue weighted by Crippen LogP contribution is 2.29. The lowest BCUT2D eigenvalue weighted by Gasteiger charge is -2.19. The van der Waals surface area contributed by atoms with E-state index in [-0.39, 0.29) is 24.1 Å². The Morgan fingerprint density at radius 2 is 1.93 bits per heavy atom. The molecule has 2 heterocycles. The largest absolute Gasteiger partial charge is 0.328 e. The van der Waals surface area contributed by atoms with Crippen molar-refractivity contribution in [1.82, 2.24) is 14.3 Å². The summed E-state index contributed by atoms with van der Waals surface area (Å²) in [5.41, 5.74) is 2.35. The average molecular weight is 405 g/mol. The third-order valence-corrected chi connectivity index (χ3v) is 4.70. The minimum absolute atomic E-state index is 0.135. The number of hydrogen-bond donors (Lipinski definition) is 1. The number of nitrogens with zero attached hydrogens (tertiary/aromatic N) is 3. The highest BCUT2D eigenvalue weighted by molar-refractivity contribution is 6.39. The standard InChI is InChI=1S/C19H18Cl2N4O2/c1-3-24(11-17(26)23-18-13(20)5-4-6-14(18)21)19(27)15-10-25-8-7-12(2)9-16(25)22-15/h4-10H,3,11H2,1-2H3,(H,23,26). The van der Waals surface area contributed by atoms with Crippen LogP contribution in [-0.2, 0) is 4.79 Å². The van der Waals surface area contributed by atoms with E-state index < -0.39 is 0 Å². The Morgan fingerprint density at radius 1 is 1.22 bits per heavy atom. The van der Waals surface area contributed by atoms with Crippen LogP contribution in [0, 0.1) is 6.92 Å². The number of benzene rings is 1. The highest BCUT2D eigenvalue weighted by Gasteiger charge is 2.21. The van der Waals surface area contributed by atoms with Gasteiger partial charge in [-0.05, 0) is 43.7 Å². The number of pyridine rings is 1. The molecule has 1 N–H and O–H groups in total. The van der Waals surface area contributed by atoms with Crippen LogP contribution in [-0.4, -0.2) is 39.2 Å². The van der Waals surface area contributed by atoms with Crippen LogP contribution < -0.4 is 5.32 Å². The van der Waals surface area contributed by atoms with Crippen LogP contribution in [0.25, 0.3) is 5.65 Å². The quantitative estimate of drug-likeness (QED) is 0.697. The van der Waals surface area contributed by atoms with E-state index in [1.165, 1.54) is 4.90 Å². The van der Waals surface area contributed by atoms with Crippen molar-refractivity contribution < 1.29 is 9.59 Å². The van der Waals surface area contributed by atoms with Gasteiger partial charge in [0.2, 0.25) is 5.91 Å². The maximum absolute atomic E-state index is 12.8. The average Bonchev–Trinajstić information content (AvgIpc) is 3.05. The molecule has 3 rings (SSSR count). The number of likely N-dealkylation sites (N-methyl/N-ethyl adjacent to an activating group) is 1. The third kappa shape index (κ3) is 4.23. The van der Waals surface area contributed by atoms with Gasteiger partial charge in [0, 0.05) is 18.9 Å². The molecule has 0 aliphatic rings. The van der Waals surface area contributed by atoms with Gasteiger partial charge in [-0.1, -0.05) is 29.3 Å². The van der Waals surface area contributed by atoms with E-state index >= 15 is 0 Å². The van der Waals surface area contributed by atoms with Crippen LogP contribution >= 0.6 is 23.2 Å². The number of carbonyl (C=O) groups is 2. The lowest BCUT2D eigenvalue weighted by atomic mass is 10.3. The molecular weight excluding hydrogens is 387 g/mol. The maximum atomic E-state index is 12.8. The number of hydrogen-bond acceptors (Lipinski definition) is 3. The molecule has 3 aromatic rings. The van der Waals surface area contributed by atoms with Crippen molar-refractivity contribution in [1.29, 1.82) is 0 Å². The molecule has 140 valence electrons. The number of fused-ring (bicyclic) bond motifs is 1. The zero-order valence-corrected chi connectivity index (χ0v) is 16.4. The highest BCUT2D eigenvalue weighted by atomic mass is 35.5. The van der Waals surface area contributed by atoms with Gasteiger partial charge in [0.25, 0.3) is 5.91 Å². The van der Waals surface area contributed by atoms with Gasteiger partial charge in [0.1, 0.15) is 17.9 Å². The van der Waals surface area contributed by atoms with Crippen molar-refractivity contribution >= 4 is 46.4 Å². The molecule has 0 atom stereocenters. The molecule has 6 nitrogen and oxygen atoms in total. The van der Waals surface area contributed by atoms with Gasteiger partial charge in [-0.25, -0.2) is 4.98 Å². The van der Waals surface area contributed by atoms with Crippen molar-refractivity contribution in [2.45, 2.75) is 13.8 Å². The number of para-hydroxylation sites is 1. The van der Waals surface area contributed by atoms with Crippen LogP contribution in [0.5, 0.6) is 0 Å². The van der Waals surface area contributed by atoms with E-state index in [0.717, 1.165) is 5.56 Å². The molecule has 0 saturated heterocycles. The van der Waals surface area contributed by atoms with Gasteiger partial charge in [-0.3, -0.25) is 9.59 Å². The van der Waals surface area contributed by atoms with Gasteiger partial charge in [-0.15, -0.1) is 0 Å². The molecule has 0 aliphatic heterocycles. The Balaban J connectivity index is 1.75. The van der Waals surface area contributed by atoms with Gasteiger partial charge >= 0.3 is 0 Å². The molecule has 0 saturated carbocycles. The van der Waals surface area contributed by atoms with Gasteiger partial charge in [-0.2, -0.15) is 0 Å². The molecule has 2 aromatic heterocycles. The van der Waals surface area contributed by atoms with Gasteiger partial charge in [0.05, 0.1) is 15.7 Å². The monoisotopic (exact) mass is 404 g/mol. The molecule has 0 aliphatic carbocycles. The zero-order valence-electron chi connectivity index (χ0n) is 14.9. The SMILES string of the molecule is CCN(CC(=O)Nc1c(Cl)cccc1Cl)C(=O)c1cn2ccc(C)cc2n1. The van der Waals surface area contributed by atoms with E-state index in [1.807, 2.05) is 25.3 Å². The first-order chi connectivity index (χ1) is 12.9. The lowest BCUT2D eigenvalue weighted by molar-refractivity contribution is -0.116. The molecule has 27 heavy (non-hydrogen) atoms. The second kappa shape index (κ2) is 7.98. The van der Waals surface area contributed by atoms with E-state index in [4.69, 9.17) is 23.2 Å². The maximum Gasteiger partial charge on any atom is 0.274 e. The molecule has 0 bridgehead atoms. The number of rotatable bonds is 5. The predicted molar refractivity (Wildman–Crippen MR) is 107 cm³/mol. The topological polar surface area (TPSA) is 66.7 Å². The van der Waals surface area contributed by atoms with E-state index in [1.54, 1.807) is 35.7 Å². The van der Waals surface area contributed by atoms with Crippen LogP contribution in [0.1, 0.15) is 23.0 Å². The summed E-state index contributed by atoms with van der Waals surface area (Å²) in [4.78, 5) is 30.9. The molecule has 0 unspecified atom stereocenters. The fourth-order valence-corrected chi connectivity index (χ4v) is 3.14. The predicted octanol–water partition coefficient (Wildman–Crippen LogP) is 4.05. The summed E-state index contributed by atoms with van der Waals surface area (Å²) in [7, 11) is 0.